The fourth-order valence-electron chi connectivity index (χ4n) is 1.52. The van der Waals surface area contributed by atoms with Crippen LogP contribution >= 0.6 is 0 Å². The summed E-state index contributed by atoms with van der Waals surface area (Å²) in [6.07, 6.45) is 0.494. The molecule has 3 amide bonds. The fraction of sp³-hybridized carbons (Fsp3) is 0. The van der Waals surface area contributed by atoms with Gasteiger partial charge in [0.2, 0.25) is 6.41 Å². The van der Waals surface area contributed by atoms with E-state index in [9.17, 15) is 9.59 Å². The van der Waals surface area contributed by atoms with Gasteiger partial charge in [0, 0.05) is 5.69 Å². The van der Waals surface area contributed by atoms with Gasteiger partial charge in [-0.1, -0.05) is 36.4 Å². The van der Waals surface area contributed by atoms with Crippen molar-refractivity contribution in [1.82, 2.24) is 0 Å². The number of carbonyl (C=O) groups excluding carboxylic acids is 2. The minimum Gasteiger partial charge on any atom is -0.307 e. The van der Waals surface area contributed by atoms with Crippen LogP contribution in [0.15, 0.2) is 60.7 Å². The molecule has 0 unspecified atom stereocenters. The predicted octanol–water partition coefficient (Wildman–Crippen LogP) is 2.88. The van der Waals surface area contributed by atoms with Crippen LogP contribution in [0.25, 0.3) is 0 Å². The number of hydrogen-bond acceptors (Lipinski definition) is 2. The Balaban J connectivity index is 2.14. The number of benzene rings is 2. The van der Waals surface area contributed by atoms with Crippen LogP contribution in [0.4, 0.5) is 16.2 Å². The number of nitrogens with one attached hydrogen (secondary N) is 1. The van der Waals surface area contributed by atoms with E-state index in [0.717, 1.165) is 4.90 Å². The lowest BCUT2D eigenvalue weighted by molar-refractivity contribution is -0.106. The Hall–Kier alpha value is -2.62. The van der Waals surface area contributed by atoms with E-state index in [1.54, 1.807) is 36.4 Å². The molecule has 0 atom stereocenters. The Morgan fingerprint density at radius 2 is 1.50 bits per heavy atom. The Morgan fingerprint density at radius 1 is 0.944 bits per heavy atom. The summed E-state index contributed by atoms with van der Waals surface area (Å²) in [5.74, 6) is 0. The van der Waals surface area contributed by atoms with Crippen LogP contribution < -0.4 is 10.2 Å². The lowest BCUT2D eigenvalue weighted by Gasteiger charge is -2.16. The first-order valence-electron chi connectivity index (χ1n) is 5.47. The van der Waals surface area contributed by atoms with Crippen molar-refractivity contribution in [1.29, 1.82) is 0 Å². The minimum atomic E-state index is -0.484. The number of amides is 3. The molecular formula is C14H12N2O2. The summed E-state index contributed by atoms with van der Waals surface area (Å²) in [6.45, 7) is 0. The quantitative estimate of drug-likeness (QED) is 0.838. The Labute approximate surface area is 105 Å². The summed E-state index contributed by atoms with van der Waals surface area (Å²) < 4.78 is 0. The molecule has 0 heterocycles. The number of imide groups is 1. The van der Waals surface area contributed by atoms with E-state index in [1.165, 1.54) is 0 Å². The molecule has 0 radical (unpaired) electrons. The van der Waals surface area contributed by atoms with Gasteiger partial charge < -0.3 is 5.32 Å². The first-order chi connectivity index (χ1) is 8.81. The molecule has 0 aliphatic carbocycles. The van der Waals surface area contributed by atoms with Crippen molar-refractivity contribution in [3.8, 4) is 0 Å². The molecule has 2 aromatic carbocycles. The minimum absolute atomic E-state index is 0.484. The highest BCUT2D eigenvalue weighted by molar-refractivity contribution is 6.12. The van der Waals surface area contributed by atoms with Crippen molar-refractivity contribution in [3.05, 3.63) is 60.7 Å². The highest BCUT2D eigenvalue weighted by Gasteiger charge is 2.14. The Morgan fingerprint density at radius 3 is 2.06 bits per heavy atom. The van der Waals surface area contributed by atoms with Crippen molar-refractivity contribution >= 4 is 23.8 Å². The Bertz CT molecular complexity index is 526. The number of rotatable bonds is 3. The van der Waals surface area contributed by atoms with E-state index >= 15 is 0 Å². The highest BCUT2D eigenvalue weighted by Crippen LogP contribution is 2.13. The van der Waals surface area contributed by atoms with Crippen molar-refractivity contribution in [2.75, 3.05) is 10.2 Å². The van der Waals surface area contributed by atoms with Gasteiger partial charge in [0.05, 0.1) is 5.69 Å². The molecular weight excluding hydrogens is 228 g/mol. The second kappa shape index (κ2) is 5.63. The number of carbonyl (C=O) groups is 2. The van der Waals surface area contributed by atoms with Gasteiger partial charge in [0.25, 0.3) is 0 Å². The van der Waals surface area contributed by atoms with Gasteiger partial charge >= 0.3 is 6.03 Å². The lowest BCUT2D eigenvalue weighted by atomic mass is 10.3. The maximum atomic E-state index is 11.9. The smallest absolute Gasteiger partial charge is 0.307 e. The average molecular weight is 240 g/mol. The van der Waals surface area contributed by atoms with Crippen molar-refractivity contribution in [3.63, 3.8) is 0 Å². The van der Waals surface area contributed by atoms with E-state index < -0.39 is 6.03 Å². The van der Waals surface area contributed by atoms with Gasteiger partial charge in [-0.25, -0.2) is 9.69 Å². The maximum absolute atomic E-state index is 11.9. The van der Waals surface area contributed by atoms with E-state index in [-0.39, 0.29) is 0 Å². The van der Waals surface area contributed by atoms with Crippen molar-refractivity contribution in [2.24, 2.45) is 0 Å². The maximum Gasteiger partial charge on any atom is 0.332 e. The summed E-state index contributed by atoms with van der Waals surface area (Å²) in [5, 5.41) is 2.65. The van der Waals surface area contributed by atoms with Crippen LogP contribution in [0.3, 0.4) is 0 Å². The number of hydrogen-bond donors (Lipinski definition) is 1. The molecule has 2 rings (SSSR count). The molecule has 0 aliphatic heterocycles. The molecule has 0 bridgehead atoms. The summed E-state index contributed by atoms with van der Waals surface area (Å²) in [7, 11) is 0. The molecule has 0 saturated heterocycles. The topological polar surface area (TPSA) is 49.4 Å². The van der Waals surface area contributed by atoms with Gasteiger partial charge in [-0.05, 0) is 24.3 Å². The van der Waals surface area contributed by atoms with Crippen LogP contribution in [-0.2, 0) is 4.79 Å². The third kappa shape index (κ3) is 2.74. The normalized spacial score (nSPS) is 9.56. The monoisotopic (exact) mass is 240 g/mol. The number of para-hydroxylation sites is 2. The molecule has 0 aromatic heterocycles. The van der Waals surface area contributed by atoms with E-state index in [4.69, 9.17) is 0 Å². The molecule has 0 aliphatic rings. The van der Waals surface area contributed by atoms with Gasteiger partial charge in [-0.15, -0.1) is 0 Å². The fourth-order valence-corrected chi connectivity index (χ4v) is 1.52. The standard InChI is InChI=1S/C14H12N2O2/c17-11-16(13-9-5-2-6-10-13)14(18)15-12-7-3-1-4-8-12/h1-11H,(H,15,18). The van der Waals surface area contributed by atoms with Crippen molar-refractivity contribution < 1.29 is 9.59 Å². The number of nitrogens with zero attached hydrogens (tertiary/aromatic N) is 1. The number of anilines is 2. The third-order valence-corrected chi connectivity index (χ3v) is 2.38. The van der Waals surface area contributed by atoms with Crippen LogP contribution in [0.1, 0.15) is 0 Å². The van der Waals surface area contributed by atoms with Gasteiger partial charge in [0.15, 0.2) is 0 Å². The zero-order valence-corrected chi connectivity index (χ0v) is 9.61. The van der Waals surface area contributed by atoms with Crippen LogP contribution in [0, 0.1) is 0 Å². The average Bonchev–Trinajstić information content (AvgIpc) is 2.42. The molecule has 4 nitrogen and oxygen atoms in total. The second-order valence-corrected chi connectivity index (χ2v) is 3.61. The molecule has 2 aromatic rings. The Kier molecular flexibility index (Phi) is 3.71. The van der Waals surface area contributed by atoms with Crippen LogP contribution in [0.5, 0.6) is 0 Å². The molecule has 0 saturated carbocycles. The van der Waals surface area contributed by atoms with Gasteiger partial charge in [-0.3, -0.25) is 4.79 Å². The van der Waals surface area contributed by atoms with E-state index in [0.29, 0.717) is 17.8 Å². The summed E-state index contributed by atoms with van der Waals surface area (Å²) in [5.41, 5.74) is 1.17. The molecule has 0 fully saturated rings. The zero-order valence-electron chi connectivity index (χ0n) is 9.61. The molecule has 18 heavy (non-hydrogen) atoms. The first-order valence-corrected chi connectivity index (χ1v) is 5.47. The molecule has 4 heteroatoms. The van der Waals surface area contributed by atoms with Crippen LogP contribution in [-0.4, -0.2) is 12.4 Å². The highest BCUT2D eigenvalue weighted by atomic mass is 16.2. The summed E-state index contributed by atoms with van der Waals surface area (Å²) in [6, 6.07) is 17.2. The second-order valence-electron chi connectivity index (χ2n) is 3.61. The lowest BCUT2D eigenvalue weighted by Crippen LogP contribution is -2.33. The van der Waals surface area contributed by atoms with Crippen molar-refractivity contribution in [2.45, 2.75) is 0 Å². The largest absolute Gasteiger partial charge is 0.332 e. The summed E-state index contributed by atoms with van der Waals surface area (Å²) in [4.78, 5) is 24.0. The van der Waals surface area contributed by atoms with E-state index in [2.05, 4.69) is 5.32 Å². The molecule has 1 N–H and O–H groups in total. The predicted molar refractivity (Wildman–Crippen MR) is 70.4 cm³/mol. The van der Waals surface area contributed by atoms with Crippen LogP contribution in [0.2, 0.25) is 0 Å². The first kappa shape index (κ1) is 11.9. The number of urea groups is 1. The zero-order chi connectivity index (χ0) is 12.8. The van der Waals surface area contributed by atoms with E-state index in [1.807, 2.05) is 24.3 Å². The third-order valence-electron chi connectivity index (χ3n) is 2.38. The van der Waals surface area contributed by atoms with Gasteiger partial charge in [-0.2, -0.15) is 0 Å². The molecule has 0 spiro atoms. The summed E-state index contributed by atoms with van der Waals surface area (Å²) >= 11 is 0. The van der Waals surface area contributed by atoms with Gasteiger partial charge in [0.1, 0.15) is 0 Å². The molecule has 90 valence electrons. The SMILES string of the molecule is O=CN(C(=O)Nc1ccccc1)c1ccccc1.